The lowest BCUT2D eigenvalue weighted by Crippen LogP contribution is -2.47. The third kappa shape index (κ3) is 5.21. The Morgan fingerprint density at radius 2 is 2.00 bits per heavy atom. The predicted molar refractivity (Wildman–Crippen MR) is 89.9 cm³/mol. The highest BCUT2D eigenvalue weighted by atomic mass is 32.2. The fraction of sp³-hybridized carbons (Fsp3) is 0.812. The molecule has 2 amide bonds. The minimum absolute atomic E-state index is 0.0510. The van der Waals surface area contributed by atoms with Gasteiger partial charge in [-0.1, -0.05) is 18.4 Å². The summed E-state index contributed by atoms with van der Waals surface area (Å²) >= 11 is 0. The van der Waals surface area contributed by atoms with E-state index in [9.17, 15) is 13.2 Å². The Bertz CT molecular complexity index is 538. The van der Waals surface area contributed by atoms with Crippen LogP contribution in [0, 0.1) is 5.92 Å². The Labute approximate surface area is 139 Å². The second-order valence-corrected chi connectivity index (χ2v) is 8.79. The second kappa shape index (κ2) is 8.15. The summed E-state index contributed by atoms with van der Waals surface area (Å²) in [6, 6.07) is -0.489. The molecule has 23 heavy (non-hydrogen) atoms. The zero-order valence-electron chi connectivity index (χ0n) is 14.1. The quantitative estimate of drug-likeness (QED) is 0.799. The molecule has 0 bridgehead atoms. The van der Waals surface area contributed by atoms with E-state index in [0.717, 1.165) is 0 Å². The number of allylic oxidation sites excluding steroid dienone is 1. The maximum atomic E-state index is 12.5. The minimum atomic E-state index is -3.02. The van der Waals surface area contributed by atoms with Crippen molar-refractivity contribution in [3.63, 3.8) is 0 Å². The molecule has 2 rings (SSSR count). The number of carbonyl (C=O) groups excluding carboxylic acids is 1. The maximum absolute atomic E-state index is 12.5. The number of rotatable bonds is 6. The van der Waals surface area contributed by atoms with Gasteiger partial charge in [-0.3, -0.25) is 0 Å². The van der Waals surface area contributed by atoms with Crippen LogP contribution in [0.2, 0.25) is 0 Å². The SMILES string of the molecule is COCCN(C(=O)N/C=C(\C)C1CCCC1)C1CCS(=O)(=O)C1. The summed E-state index contributed by atoms with van der Waals surface area (Å²) in [5.74, 6) is 0.774. The molecule has 0 aromatic heterocycles. The van der Waals surface area contributed by atoms with Crippen molar-refractivity contribution in [2.24, 2.45) is 5.92 Å². The Morgan fingerprint density at radius 3 is 2.57 bits per heavy atom. The van der Waals surface area contributed by atoms with Gasteiger partial charge in [0.25, 0.3) is 0 Å². The maximum Gasteiger partial charge on any atom is 0.321 e. The first-order valence-corrected chi connectivity index (χ1v) is 10.2. The number of urea groups is 1. The molecule has 1 saturated carbocycles. The zero-order valence-corrected chi connectivity index (χ0v) is 14.9. The summed E-state index contributed by atoms with van der Waals surface area (Å²) in [6.07, 6.45) is 7.18. The standard InChI is InChI=1S/C16H28N2O4S/c1-13(14-5-3-4-6-14)11-17-16(19)18(8-9-22-2)15-7-10-23(20,21)12-15/h11,14-15H,3-10,12H2,1-2H3,(H,17,19)/b13-11+. The number of sulfone groups is 1. The summed E-state index contributed by atoms with van der Waals surface area (Å²) in [5.41, 5.74) is 1.20. The van der Waals surface area contributed by atoms with E-state index in [1.165, 1.54) is 31.3 Å². The largest absolute Gasteiger partial charge is 0.383 e. The molecule has 1 aliphatic carbocycles. The van der Waals surface area contributed by atoms with Crippen LogP contribution in [0.4, 0.5) is 4.79 Å². The summed E-state index contributed by atoms with van der Waals surface area (Å²) in [7, 11) is -1.45. The molecule has 2 fully saturated rings. The Hall–Kier alpha value is -1.08. The first kappa shape index (κ1) is 18.3. The highest BCUT2D eigenvalue weighted by Gasteiger charge is 2.34. The van der Waals surface area contributed by atoms with E-state index in [1.807, 2.05) is 0 Å². The van der Waals surface area contributed by atoms with Crippen molar-refractivity contribution in [2.75, 3.05) is 31.8 Å². The molecule has 2 aliphatic rings. The van der Waals surface area contributed by atoms with Crippen LogP contribution >= 0.6 is 0 Å². The number of methoxy groups -OCH3 is 1. The fourth-order valence-electron chi connectivity index (χ4n) is 3.42. The van der Waals surface area contributed by atoms with E-state index in [4.69, 9.17) is 4.74 Å². The molecule has 1 atom stereocenters. The van der Waals surface area contributed by atoms with Gasteiger partial charge in [-0.25, -0.2) is 13.2 Å². The topological polar surface area (TPSA) is 75.7 Å². The molecule has 7 heteroatoms. The molecule has 1 N–H and O–H groups in total. The van der Waals surface area contributed by atoms with Crippen LogP contribution in [0.1, 0.15) is 39.0 Å². The van der Waals surface area contributed by atoms with E-state index in [0.29, 0.717) is 25.5 Å². The molecule has 132 valence electrons. The second-order valence-electron chi connectivity index (χ2n) is 6.56. The fourth-order valence-corrected chi connectivity index (χ4v) is 5.15. The number of amides is 2. The van der Waals surface area contributed by atoms with Crippen LogP contribution in [-0.4, -0.2) is 57.2 Å². The van der Waals surface area contributed by atoms with Crippen molar-refractivity contribution >= 4 is 15.9 Å². The van der Waals surface area contributed by atoms with Crippen molar-refractivity contribution in [3.05, 3.63) is 11.8 Å². The molecule has 1 heterocycles. The minimum Gasteiger partial charge on any atom is -0.383 e. The van der Waals surface area contributed by atoms with Gasteiger partial charge in [0.05, 0.1) is 18.1 Å². The number of nitrogens with zero attached hydrogens (tertiary/aromatic N) is 1. The van der Waals surface area contributed by atoms with Gasteiger partial charge in [-0.15, -0.1) is 0 Å². The molecule has 0 spiro atoms. The van der Waals surface area contributed by atoms with Crippen molar-refractivity contribution < 1.29 is 17.9 Å². The molecule has 0 aromatic rings. The van der Waals surface area contributed by atoms with Gasteiger partial charge in [0, 0.05) is 25.9 Å². The molecular formula is C16H28N2O4S. The molecule has 1 aliphatic heterocycles. The van der Waals surface area contributed by atoms with Gasteiger partial charge in [0.1, 0.15) is 0 Å². The van der Waals surface area contributed by atoms with Crippen LogP contribution in [0.25, 0.3) is 0 Å². The highest BCUT2D eigenvalue weighted by molar-refractivity contribution is 7.91. The number of hydrogen-bond donors (Lipinski definition) is 1. The normalized spacial score (nSPS) is 24.8. The molecule has 1 unspecified atom stereocenters. The predicted octanol–water partition coefficient (Wildman–Crippen LogP) is 1.93. The van der Waals surface area contributed by atoms with Crippen LogP contribution < -0.4 is 5.32 Å². The summed E-state index contributed by atoms with van der Waals surface area (Å²) in [5, 5.41) is 2.85. The van der Waals surface area contributed by atoms with Gasteiger partial charge >= 0.3 is 6.03 Å². The summed E-state index contributed by atoms with van der Waals surface area (Å²) < 4.78 is 28.4. The smallest absolute Gasteiger partial charge is 0.321 e. The van der Waals surface area contributed by atoms with Crippen LogP contribution in [0.3, 0.4) is 0 Å². The molecule has 1 saturated heterocycles. The Kier molecular flexibility index (Phi) is 6.47. The highest BCUT2D eigenvalue weighted by Crippen LogP contribution is 2.30. The van der Waals surface area contributed by atoms with Gasteiger partial charge < -0.3 is 15.0 Å². The van der Waals surface area contributed by atoms with Gasteiger partial charge in [-0.05, 0) is 32.1 Å². The van der Waals surface area contributed by atoms with E-state index in [-0.39, 0.29) is 23.6 Å². The zero-order chi connectivity index (χ0) is 16.9. The Balaban J connectivity index is 1.97. The number of nitrogens with one attached hydrogen (secondary N) is 1. The van der Waals surface area contributed by atoms with Crippen molar-refractivity contribution in [1.82, 2.24) is 10.2 Å². The summed E-state index contributed by atoms with van der Waals surface area (Å²) in [6.45, 7) is 2.85. The lowest BCUT2D eigenvalue weighted by molar-refractivity contribution is 0.135. The van der Waals surface area contributed by atoms with Crippen LogP contribution in [-0.2, 0) is 14.6 Å². The summed E-state index contributed by atoms with van der Waals surface area (Å²) in [4.78, 5) is 14.1. The number of ether oxygens (including phenoxy) is 1. The lowest BCUT2D eigenvalue weighted by atomic mass is 10.0. The van der Waals surface area contributed by atoms with Gasteiger partial charge in [-0.2, -0.15) is 0 Å². The number of carbonyl (C=O) groups is 1. The monoisotopic (exact) mass is 344 g/mol. The van der Waals surface area contributed by atoms with Gasteiger partial charge in [0.15, 0.2) is 9.84 Å². The average molecular weight is 344 g/mol. The first-order chi connectivity index (χ1) is 10.9. The average Bonchev–Trinajstić information content (AvgIpc) is 3.15. The lowest BCUT2D eigenvalue weighted by Gasteiger charge is -2.27. The first-order valence-electron chi connectivity index (χ1n) is 8.36. The molecule has 0 radical (unpaired) electrons. The van der Waals surface area contributed by atoms with Gasteiger partial charge in [0.2, 0.25) is 0 Å². The van der Waals surface area contributed by atoms with Crippen molar-refractivity contribution in [1.29, 1.82) is 0 Å². The molecule has 0 aromatic carbocycles. The third-order valence-corrected chi connectivity index (χ3v) is 6.62. The van der Waals surface area contributed by atoms with E-state index < -0.39 is 9.84 Å². The van der Waals surface area contributed by atoms with Crippen molar-refractivity contribution in [2.45, 2.75) is 45.1 Å². The van der Waals surface area contributed by atoms with E-state index in [2.05, 4.69) is 12.2 Å². The molecule has 6 nitrogen and oxygen atoms in total. The van der Waals surface area contributed by atoms with Crippen LogP contribution in [0.5, 0.6) is 0 Å². The molecular weight excluding hydrogens is 316 g/mol. The Morgan fingerprint density at radius 1 is 1.30 bits per heavy atom. The van der Waals surface area contributed by atoms with E-state index in [1.54, 1.807) is 18.2 Å². The van der Waals surface area contributed by atoms with E-state index >= 15 is 0 Å². The van der Waals surface area contributed by atoms with Crippen molar-refractivity contribution in [3.8, 4) is 0 Å². The van der Waals surface area contributed by atoms with Crippen LogP contribution in [0.15, 0.2) is 11.8 Å². The number of hydrogen-bond acceptors (Lipinski definition) is 4. The third-order valence-electron chi connectivity index (χ3n) is 4.87.